The van der Waals surface area contributed by atoms with Gasteiger partial charge < -0.3 is 9.84 Å². The molecular weight excluding hydrogens is 333 g/mol. The first kappa shape index (κ1) is 16.0. The van der Waals surface area contributed by atoms with Gasteiger partial charge in [0, 0.05) is 0 Å². The summed E-state index contributed by atoms with van der Waals surface area (Å²) in [6.07, 6.45) is -7.42. The first-order valence-electron chi connectivity index (χ1n) is 5.21. The number of aliphatic hydroxyl groups is 1. The van der Waals surface area contributed by atoms with Crippen LogP contribution in [-0.4, -0.2) is 40.2 Å². The van der Waals surface area contributed by atoms with Gasteiger partial charge in [0.25, 0.3) is 0 Å². The summed E-state index contributed by atoms with van der Waals surface area (Å²) in [5, 5.41) is 13.2. The van der Waals surface area contributed by atoms with E-state index in [-0.39, 0.29) is 12.2 Å². The zero-order valence-corrected chi connectivity index (χ0v) is 11.7. The van der Waals surface area contributed by atoms with E-state index in [4.69, 9.17) is 0 Å². The maximum absolute atomic E-state index is 12.1. The molecule has 0 saturated carbocycles. The highest BCUT2D eigenvalue weighted by atomic mass is 79.9. The topological polar surface area (TPSA) is 64.3 Å². The monoisotopic (exact) mass is 344 g/mol. The van der Waals surface area contributed by atoms with Crippen molar-refractivity contribution in [3.63, 3.8) is 0 Å². The van der Waals surface area contributed by atoms with Crippen LogP contribution in [0.5, 0.6) is 0 Å². The molecule has 0 saturated heterocycles. The van der Waals surface area contributed by atoms with Crippen LogP contribution in [0.2, 0.25) is 0 Å². The Hall–Kier alpha value is -1.09. The highest BCUT2D eigenvalue weighted by Crippen LogP contribution is 2.25. The zero-order chi connectivity index (χ0) is 14.8. The Morgan fingerprint density at radius 3 is 2.63 bits per heavy atom. The fourth-order valence-corrected chi connectivity index (χ4v) is 1.91. The molecule has 0 amide bonds. The Balaban J connectivity index is 2.88. The molecule has 0 bridgehead atoms. The van der Waals surface area contributed by atoms with E-state index >= 15 is 0 Å². The first-order valence-corrected chi connectivity index (χ1v) is 6.01. The second-order valence-electron chi connectivity index (χ2n) is 3.89. The number of rotatable bonds is 4. The van der Waals surface area contributed by atoms with Crippen molar-refractivity contribution in [3.05, 3.63) is 15.9 Å². The number of hydrogen-bond acceptors (Lipinski definition) is 4. The number of nitrogens with zero attached hydrogens (tertiary/aromatic N) is 2. The lowest BCUT2D eigenvalue weighted by atomic mass is 10.2. The smallest absolute Gasteiger partial charge is 0.391 e. The van der Waals surface area contributed by atoms with Gasteiger partial charge in [0.15, 0.2) is 5.69 Å². The third-order valence-corrected chi connectivity index (χ3v) is 3.31. The number of carbonyl (C=O) groups excluding carboxylic acids is 1. The zero-order valence-electron chi connectivity index (χ0n) is 10.2. The van der Waals surface area contributed by atoms with Crippen molar-refractivity contribution in [1.82, 2.24) is 9.78 Å². The molecule has 9 heteroatoms. The van der Waals surface area contributed by atoms with Gasteiger partial charge in [-0.05, 0) is 22.9 Å². The van der Waals surface area contributed by atoms with E-state index in [1.807, 2.05) is 0 Å². The van der Waals surface area contributed by atoms with Crippen molar-refractivity contribution in [2.24, 2.45) is 0 Å². The van der Waals surface area contributed by atoms with E-state index in [2.05, 4.69) is 25.8 Å². The number of carbonyl (C=O) groups is 1. The Kier molecular flexibility index (Phi) is 4.97. The molecule has 108 valence electrons. The molecule has 0 radical (unpaired) electrons. The summed E-state index contributed by atoms with van der Waals surface area (Å²) in [6, 6.07) is 0. The largest absolute Gasteiger partial charge is 0.464 e. The number of esters is 1. The van der Waals surface area contributed by atoms with Crippen LogP contribution in [0.25, 0.3) is 0 Å². The number of aliphatic hydroxyl groups excluding tert-OH is 1. The Morgan fingerprint density at radius 1 is 1.58 bits per heavy atom. The van der Waals surface area contributed by atoms with Gasteiger partial charge in [0.2, 0.25) is 0 Å². The summed E-state index contributed by atoms with van der Waals surface area (Å²) >= 11 is 3.11. The van der Waals surface area contributed by atoms with E-state index in [1.54, 1.807) is 6.92 Å². The standard InChI is InChI=1S/C10H12BrF3N2O3/c1-5-7(11)8(9(18)19-2)15-16(5)4-6(17)3-10(12,13)14/h6,17H,3-4H2,1-2H3/t6-/m1/s1. The van der Waals surface area contributed by atoms with Crippen LogP contribution in [-0.2, 0) is 11.3 Å². The van der Waals surface area contributed by atoms with Gasteiger partial charge in [-0.15, -0.1) is 0 Å². The van der Waals surface area contributed by atoms with E-state index in [0.717, 1.165) is 4.68 Å². The molecule has 1 rings (SSSR count). The summed E-state index contributed by atoms with van der Waals surface area (Å²) in [4.78, 5) is 11.3. The third kappa shape index (κ3) is 4.20. The van der Waals surface area contributed by atoms with Crippen molar-refractivity contribution < 1.29 is 27.8 Å². The third-order valence-electron chi connectivity index (χ3n) is 2.36. The minimum atomic E-state index is -4.46. The molecule has 0 unspecified atom stereocenters. The van der Waals surface area contributed by atoms with Gasteiger partial charge in [-0.25, -0.2) is 4.79 Å². The predicted molar refractivity (Wildman–Crippen MR) is 62.7 cm³/mol. The number of halogens is 4. The SMILES string of the molecule is COC(=O)c1nn(C[C@H](O)CC(F)(F)F)c(C)c1Br. The van der Waals surface area contributed by atoms with Gasteiger partial charge >= 0.3 is 12.1 Å². The molecule has 0 spiro atoms. The number of aromatic nitrogens is 2. The van der Waals surface area contributed by atoms with Crippen molar-refractivity contribution in [2.45, 2.75) is 32.2 Å². The molecule has 1 N–H and O–H groups in total. The van der Waals surface area contributed by atoms with E-state index in [9.17, 15) is 23.1 Å². The van der Waals surface area contributed by atoms with Crippen LogP contribution >= 0.6 is 15.9 Å². The number of hydrogen-bond donors (Lipinski definition) is 1. The highest BCUT2D eigenvalue weighted by Gasteiger charge is 2.32. The lowest BCUT2D eigenvalue weighted by Gasteiger charge is -2.13. The normalized spacial score (nSPS) is 13.4. The average Bonchev–Trinajstić information content (AvgIpc) is 2.54. The van der Waals surface area contributed by atoms with Crippen LogP contribution in [0.15, 0.2) is 4.47 Å². The van der Waals surface area contributed by atoms with E-state index < -0.39 is 24.7 Å². The summed E-state index contributed by atoms with van der Waals surface area (Å²) in [5.74, 6) is -0.709. The molecule has 0 aromatic carbocycles. The Labute approximate surface area is 115 Å². The molecule has 19 heavy (non-hydrogen) atoms. The molecular formula is C10H12BrF3N2O3. The molecule has 1 aromatic heterocycles. The second-order valence-corrected chi connectivity index (χ2v) is 4.69. The van der Waals surface area contributed by atoms with Gasteiger partial charge in [0.1, 0.15) is 0 Å². The number of ether oxygens (including phenoxy) is 1. The van der Waals surface area contributed by atoms with Gasteiger partial charge in [-0.3, -0.25) is 4.68 Å². The van der Waals surface area contributed by atoms with E-state index in [0.29, 0.717) is 10.2 Å². The molecule has 1 aromatic rings. The summed E-state index contributed by atoms with van der Waals surface area (Å²) in [7, 11) is 1.17. The molecule has 0 aliphatic carbocycles. The maximum Gasteiger partial charge on any atom is 0.391 e. The van der Waals surface area contributed by atoms with Crippen molar-refractivity contribution >= 4 is 21.9 Å². The molecule has 1 atom stereocenters. The summed E-state index contributed by atoms with van der Waals surface area (Å²) in [6.45, 7) is 1.20. The fraction of sp³-hybridized carbons (Fsp3) is 0.600. The van der Waals surface area contributed by atoms with Crippen LogP contribution < -0.4 is 0 Å². The minimum Gasteiger partial charge on any atom is -0.464 e. The second kappa shape index (κ2) is 5.91. The van der Waals surface area contributed by atoms with Crippen LogP contribution in [0, 0.1) is 6.92 Å². The predicted octanol–water partition coefficient (Wildman–Crippen LogP) is 2.05. The molecule has 5 nitrogen and oxygen atoms in total. The lowest BCUT2D eigenvalue weighted by Crippen LogP contribution is -2.25. The summed E-state index contributed by atoms with van der Waals surface area (Å²) in [5.41, 5.74) is 0.390. The fourth-order valence-electron chi connectivity index (χ4n) is 1.46. The Morgan fingerprint density at radius 2 is 2.16 bits per heavy atom. The van der Waals surface area contributed by atoms with Crippen LogP contribution in [0.3, 0.4) is 0 Å². The van der Waals surface area contributed by atoms with Crippen LogP contribution in [0.4, 0.5) is 13.2 Å². The van der Waals surface area contributed by atoms with Crippen molar-refractivity contribution in [1.29, 1.82) is 0 Å². The minimum absolute atomic E-state index is 0.0424. The van der Waals surface area contributed by atoms with Crippen molar-refractivity contribution in [2.75, 3.05) is 7.11 Å². The van der Waals surface area contributed by atoms with Gasteiger partial charge in [-0.2, -0.15) is 18.3 Å². The van der Waals surface area contributed by atoms with Gasteiger partial charge in [0.05, 0.1) is 36.3 Å². The number of methoxy groups -OCH3 is 1. The molecule has 1 heterocycles. The van der Waals surface area contributed by atoms with E-state index in [1.165, 1.54) is 7.11 Å². The average molecular weight is 345 g/mol. The molecule has 0 aliphatic rings. The number of alkyl halides is 3. The maximum atomic E-state index is 12.1. The first-order chi connectivity index (χ1) is 8.65. The highest BCUT2D eigenvalue weighted by molar-refractivity contribution is 9.10. The quantitative estimate of drug-likeness (QED) is 0.849. The molecule has 0 fully saturated rings. The van der Waals surface area contributed by atoms with Crippen LogP contribution in [0.1, 0.15) is 22.6 Å². The van der Waals surface area contributed by atoms with Gasteiger partial charge in [-0.1, -0.05) is 0 Å². The Bertz CT molecular complexity index is 473. The van der Waals surface area contributed by atoms with Crippen molar-refractivity contribution in [3.8, 4) is 0 Å². The molecule has 0 aliphatic heterocycles. The summed E-state index contributed by atoms with van der Waals surface area (Å²) < 4.78 is 42.3. The lowest BCUT2D eigenvalue weighted by molar-refractivity contribution is -0.154.